The lowest BCUT2D eigenvalue weighted by molar-refractivity contribution is -0.118. The largest absolute Gasteiger partial charge is 0.478 e. The third kappa shape index (κ3) is 4.30. The SMILES string of the molecule is CC(=O)NCCC#Cc1ccc(C(=O)O)cc1C. The molecule has 4 heteroatoms. The van der Waals surface area contributed by atoms with Gasteiger partial charge in [-0.15, -0.1) is 0 Å². The number of rotatable bonds is 3. The van der Waals surface area contributed by atoms with E-state index in [4.69, 9.17) is 5.11 Å². The van der Waals surface area contributed by atoms with E-state index < -0.39 is 5.97 Å². The molecular weight excluding hydrogens is 230 g/mol. The Labute approximate surface area is 106 Å². The van der Waals surface area contributed by atoms with Gasteiger partial charge in [-0.1, -0.05) is 11.8 Å². The van der Waals surface area contributed by atoms with Crippen LogP contribution in [0.4, 0.5) is 0 Å². The molecule has 0 saturated carbocycles. The first kappa shape index (κ1) is 13.8. The fourth-order valence-corrected chi connectivity index (χ4v) is 1.40. The van der Waals surface area contributed by atoms with Gasteiger partial charge in [-0.05, 0) is 30.7 Å². The molecule has 0 unspecified atom stereocenters. The number of amides is 1. The summed E-state index contributed by atoms with van der Waals surface area (Å²) in [5.41, 5.74) is 1.90. The maximum absolute atomic E-state index is 10.8. The summed E-state index contributed by atoms with van der Waals surface area (Å²) < 4.78 is 0. The quantitative estimate of drug-likeness (QED) is 0.627. The Morgan fingerprint density at radius 3 is 2.67 bits per heavy atom. The zero-order valence-corrected chi connectivity index (χ0v) is 10.4. The van der Waals surface area contributed by atoms with Gasteiger partial charge in [-0.2, -0.15) is 0 Å². The minimum Gasteiger partial charge on any atom is -0.478 e. The van der Waals surface area contributed by atoms with E-state index in [1.165, 1.54) is 13.0 Å². The second kappa shape index (κ2) is 6.45. The van der Waals surface area contributed by atoms with Crippen LogP contribution in [0, 0.1) is 18.8 Å². The van der Waals surface area contributed by atoms with Crippen LogP contribution < -0.4 is 5.32 Å². The summed E-state index contributed by atoms with van der Waals surface area (Å²) in [6, 6.07) is 4.83. The molecule has 1 amide bonds. The molecule has 1 aromatic rings. The summed E-state index contributed by atoms with van der Waals surface area (Å²) in [6.07, 6.45) is 0.569. The monoisotopic (exact) mass is 245 g/mol. The number of aryl methyl sites for hydroxylation is 1. The van der Waals surface area contributed by atoms with E-state index in [-0.39, 0.29) is 11.5 Å². The Hall–Kier alpha value is -2.28. The molecule has 0 bridgehead atoms. The average molecular weight is 245 g/mol. The highest BCUT2D eigenvalue weighted by Gasteiger charge is 2.03. The number of aromatic carboxylic acids is 1. The van der Waals surface area contributed by atoms with Crippen molar-refractivity contribution < 1.29 is 14.7 Å². The summed E-state index contributed by atoms with van der Waals surface area (Å²) in [4.78, 5) is 21.4. The van der Waals surface area contributed by atoms with Crippen LogP contribution in [-0.2, 0) is 4.79 Å². The number of nitrogens with one attached hydrogen (secondary N) is 1. The van der Waals surface area contributed by atoms with Gasteiger partial charge in [0.2, 0.25) is 5.91 Å². The Kier molecular flexibility index (Phi) is 4.94. The molecule has 0 saturated heterocycles. The predicted octanol–water partition coefficient (Wildman–Crippen LogP) is 1.57. The first-order valence-electron chi connectivity index (χ1n) is 5.58. The van der Waals surface area contributed by atoms with Crippen LogP contribution in [0.3, 0.4) is 0 Å². The van der Waals surface area contributed by atoms with Crippen molar-refractivity contribution in [2.24, 2.45) is 0 Å². The van der Waals surface area contributed by atoms with Crippen LogP contribution in [0.5, 0.6) is 0 Å². The summed E-state index contributed by atoms with van der Waals surface area (Å²) >= 11 is 0. The van der Waals surface area contributed by atoms with E-state index in [1.54, 1.807) is 12.1 Å². The topological polar surface area (TPSA) is 66.4 Å². The molecule has 94 valence electrons. The van der Waals surface area contributed by atoms with Crippen LogP contribution in [0.1, 0.15) is 34.8 Å². The Morgan fingerprint density at radius 2 is 2.11 bits per heavy atom. The molecule has 2 N–H and O–H groups in total. The number of carbonyl (C=O) groups is 2. The van der Waals surface area contributed by atoms with Crippen LogP contribution in [0.15, 0.2) is 18.2 Å². The van der Waals surface area contributed by atoms with Crippen LogP contribution >= 0.6 is 0 Å². The zero-order valence-electron chi connectivity index (χ0n) is 10.4. The first-order valence-corrected chi connectivity index (χ1v) is 5.58. The standard InChI is InChI=1S/C14H15NO3/c1-10-9-13(14(17)18)7-6-12(10)5-3-4-8-15-11(2)16/h6-7,9H,4,8H2,1-2H3,(H,15,16)(H,17,18). The molecule has 1 aromatic carbocycles. The van der Waals surface area contributed by atoms with E-state index in [0.717, 1.165) is 11.1 Å². The number of benzene rings is 1. The van der Waals surface area contributed by atoms with Crippen molar-refractivity contribution in [2.75, 3.05) is 6.54 Å². The van der Waals surface area contributed by atoms with Crippen molar-refractivity contribution in [3.05, 3.63) is 34.9 Å². The smallest absolute Gasteiger partial charge is 0.335 e. The molecular formula is C14H15NO3. The molecule has 4 nitrogen and oxygen atoms in total. The van der Waals surface area contributed by atoms with Gasteiger partial charge >= 0.3 is 5.97 Å². The molecule has 0 aliphatic rings. The van der Waals surface area contributed by atoms with E-state index >= 15 is 0 Å². The highest BCUT2D eigenvalue weighted by atomic mass is 16.4. The Balaban J connectivity index is 2.65. The molecule has 0 aliphatic carbocycles. The summed E-state index contributed by atoms with van der Waals surface area (Å²) in [7, 11) is 0. The molecule has 1 rings (SSSR count). The van der Waals surface area contributed by atoms with Gasteiger partial charge < -0.3 is 10.4 Å². The second-order valence-corrected chi connectivity index (χ2v) is 3.87. The van der Waals surface area contributed by atoms with Gasteiger partial charge in [0.1, 0.15) is 0 Å². The van der Waals surface area contributed by atoms with E-state index in [9.17, 15) is 9.59 Å². The average Bonchev–Trinajstić information content (AvgIpc) is 2.29. The van der Waals surface area contributed by atoms with Crippen LogP contribution in [-0.4, -0.2) is 23.5 Å². The van der Waals surface area contributed by atoms with Gasteiger partial charge in [0, 0.05) is 25.5 Å². The van der Waals surface area contributed by atoms with Gasteiger partial charge in [0.15, 0.2) is 0 Å². The molecule has 0 fully saturated rings. The zero-order chi connectivity index (χ0) is 13.5. The molecule has 0 radical (unpaired) electrons. The summed E-state index contributed by atoms with van der Waals surface area (Å²) in [5, 5.41) is 11.5. The molecule has 18 heavy (non-hydrogen) atoms. The van der Waals surface area contributed by atoms with Gasteiger partial charge in [-0.3, -0.25) is 4.79 Å². The Bertz CT molecular complexity index is 524. The maximum Gasteiger partial charge on any atom is 0.335 e. The van der Waals surface area contributed by atoms with Gasteiger partial charge in [-0.25, -0.2) is 4.79 Å². The summed E-state index contributed by atoms with van der Waals surface area (Å²) in [5.74, 6) is 4.88. The van der Waals surface area contributed by atoms with E-state index in [2.05, 4.69) is 17.2 Å². The van der Waals surface area contributed by atoms with Crippen LogP contribution in [0.25, 0.3) is 0 Å². The van der Waals surface area contributed by atoms with E-state index in [1.807, 2.05) is 6.92 Å². The third-order valence-electron chi connectivity index (χ3n) is 2.32. The molecule has 0 spiro atoms. The van der Waals surface area contributed by atoms with Crippen molar-refractivity contribution in [3.8, 4) is 11.8 Å². The van der Waals surface area contributed by atoms with Crippen molar-refractivity contribution in [1.82, 2.24) is 5.32 Å². The summed E-state index contributed by atoms with van der Waals surface area (Å²) in [6.45, 7) is 3.81. The highest BCUT2D eigenvalue weighted by Crippen LogP contribution is 2.10. The number of carbonyl (C=O) groups excluding carboxylic acids is 1. The fourth-order valence-electron chi connectivity index (χ4n) is 1.40. The van der Waals surface area contributed by atoms with Gasteiger partial charge in [0.25, 0.3) is 0 Å². The Morgan fingerprint density at radius 1 is 1.39 bits per heavy atom. The number of carboxylic acid groups (broad SMARTS) is 1. The van der Waals surface area contributed by atoms with Crippen molar-refractivity contribution >= 4 is 11.9 Å². The number of carboxylic acids is 1. The predicted molar refractivity (Wildman–Crippen MR) is 68.3 cm³/mol. The molecule has 0 aromatic heterocycles. The number of hydrogen-bond acceptors (Lipinski definition) is 2. The minimum absolute atomic E-state index is 0.0706. The van der Waals surface area contributed by atoms with Crippen molar-refractivity contribution in [2.45, 2.75) is 20.3 Å². The van der Waals surface area contributed by atoms with Crippen LogP contribution in [0.2, 0.25) is 0 Å². The lowest BCUT2D eigenvalue weighted by atomic mass is 10.1. The fraction of sp³-hybridized carbons (Fsp3) is 0.286. The highest BCUT2D eigenvalue weighted by molar-refractivity contribution is 5.88. The van der Waals surface area contributed by atoms with E-state index in [0.29, 0.717) is 13.0 Å². The third-order valence-corrected chi connectivity index (χ3v) is 2.32. The molecule has 0 atom stereocenters. The number of hydrogen-bond donors (Lipinski definition) is 2. The molecule has 0 heterocycles. The van der Waals surface area contributed by atoms with Gasteiger partial charge in [0.05, 0.1) is 5.56 Å². The lowest BCUT2D eigenvalue weighted by Crippen LogP contribution is -2.20. The maximum atomic E-state index is 10.8. The minimum atomic E-state index is -0.941. The lowest BCUT2D eigenvalue weighted by Gasteiger charge is -2.00. The normalized spacial score (nSPS) is 9.22. The molecule has 0 aliphatic heterocycles. The first-order chi connectivity index (χ1) is 8.50. The second-order valence-electron chi connectivity index (χ2n) is 3.87. The van der Waals surface area contributed by atoms with Crippen molar-refractivity contribution in [3.63, 3.8) is 0 Å². The van der Waals surface area contributed by atoms with Crippen molar-refractivity contribution in [1.29, 1.82) is 0 Å².